The van der Waals surface area contributed by atoms with Gasteiger partial charge in [-0.25, -0.2) is 8.78 Å². The van der Waals surface area contributed by atoms with Gasteiger partial charge in [-0.15, -0.1) is 0 Å². The molecule has 0 bridgehead atoms. The number of ether oxygens (including phenoxy) is 3. The highest BCUT2D eigenvalue weighted by molar-refractivity contribution is 5.71. The minimum Gasteiger partial charge on any atom is -0.497 e. The highest BCUT2D eigenvalue weighted by atomic mass is 19.1. The summed E-state index contributed by atoms with van der Waals surface area (Å²) in [5, 5.41) is 11.3. The summed E-state index contributed by atoms with van der Waals surface area (Å²) >= 11 is 0. The Hall–Kier alpha value is -3.45. The van der Waals surface area contributed by atoms with Gasteiger partial charge in [-0.2, -0.15) is 0 Å². The van der Waals surface area contributed by atoms with Gasteiger partial charge in [-0.1, -0.05) is 31.2 Å². The van der Waals surface area contributed by atoms with Gasteiger partial charge in [0.15, 0.2) is 11.6 Å². The summed E-state index contributed by atoms with van der Waals surface area (Å²) in [5.74, 6) is -0.624. The smallest absolute Gasteiger partial charge is 0.306 e. The second kappa shape index (κ2) is 11.0. The van der Waals surface area contributed by atoms with Crippen LogP contribution in [-0.4, -0.2) is 25.3 Å². The van der Waals surface area contributed by atoms with E-state index in [1.807, 2.05) is 13.0 Å². The molecule has 0 radical (unpaired) electrons. The Morgan fingerprint density at radius 1 is 1.03 bits per heavy atom. The number of carbonyl (C=O) groups excluding carboxylic acids is 1. The van der Waals surface area contributed by atoms with Crippen LogP contribution in [0.15, 0.2) is 54.6 Å². The number of esters is 1. The Bertz CT molecular complexity index is 1360. The fourth-order valence-corrected chi connectivity index (χ4v) is 5.24. The number of hydrogen-bond donors (Lipinski definition) is 1. The molecule has 2 saturated carbocycles. The lowest BCUT2D eigenvalue weighted by Gasteiger charge is -2.23. The SMILES string of the molecule is COC(=O)C[C@H](c1cccc(OCc2ccc(-c3cc(OC)ccc3F)c([C@@H](O)C3(C)CC3)c2)c1F)C1CC1. The Morgan fingerprint density at radius 2 is 1.79 bits per heavy atom. The fraction of sp³-hybridized carbons (Fsp3) is 0.406. The van der Waals surface area contributed by atoms with Crippen LogP contribution in [0, 0.1) is 23.0 Å². The molecule has 2 atom stereocenters. The fourth-order valence-electron chi connectivity index (χ4n) is 5.24. The Kier molecular flexibility index (Phi) is 7.63. The standard InChI is InChI=1S/C32H34F2O5/c1-32(13-14-32)31(36)26-15-19(7-11-22(26)25-16-21(37-2)10-12-27(25)33)18-39-28-6-4-5-23(30(28)34)24(20-8-9-20)17-29(35)38-3/h4-7,10-12,15-16,20,24,31,36H,8-9,13-14,17-18H2,1-3H3/t24-,31+/m0/s1. The van der Waals surface area contributed by atoms with Crippen LogP contribution < -0.4 is 9.47 Å². The molecule has 0 heterocycles. The van der Waals surface area contributed by atoms with Crippen LogP contribution in [-0.2, 0) is 16.1 Å². The van der Waals surface area contributed by atoms with Crippen LogP contribution in [0.1, 0.15) is 67.7 Å². The van der Waals surface area contributed by atoms with Crippen molar-refractivity contribution in [2.24, 2.45) is 11.3 Å². The van der Waals surface area contributed by atoms with Crippen molar-refractivity contribution in [1.82, 2.24) is 0 Å². The van der Waals surface area contributed by atoms with E-state index in [2.05, 4.69) is 0 Å². The van der Waals surface area contributed by atoms with Gasteiger partial charge in [0.25, 0.3) is 0 Å². The van der Waals surface area contributed by atoms with Crippen molar-refractivity contribution < 1.29 is 32.9 Å². The average molecular weight is 537 g/mol. The van der Waals surface area contributed by atoms with Crippen molar-refractivity contribution in [1.29, 1.82) is 0 Å². The van der Waals surface area contributed by atoms with Crippen molar-refractivity contribution in [3.63, 3.8) is 0 Å². The highest BCUT2D eigenvalue weighted by Gasteiger charge is 2.45. The molecule has 0 aliphatic heterocycles. The number of hydrogen-bond acceptors (Lipinski definition) is 5. The first-order valence-corrected chi connectivity index (χ1v) is 13.4. The van der Waals surface area contributed by atoms with Crippen LogP contribution in [0.3, 0.4) is 0 Å². The maximum Gasteiger partial charge on any atom is 0.306 e. The van der Waals surface area contributed by atoms with E-state index >= 15 is 4.39 Å². The first-order chi connectivity index (χ1) is 18.7. The first-order valence-electron chi connectivity index (χ1n) is 13.4. The van der Waals surface area contributed by atoms with E-state index in [-0.39, 0.29) is 42.0 Å². The molecule has 0 unspecified atom stereocenters. The quantitative estimate of drug-likeness (QED) is 0.265. The minimum atomic E-state index is -0.796. The zero-order chi connectivity index (χ0) is 27.7. The molecule has 39 heavy (non-hydrogen) atoms. The molecule has 0 spiro atoms. The van der Waals surface area contributed by atoms with Gasteiger partial charge < -0.3 is 19.3 Å². The van der Waals surface area contributed by atoms with Gasteiger partial charge >= 0.3 is 5.97 Å². The van der Waals surface area contributed by atoms with Gasteiger partial charge in [0.05, 0.1) is 26.7 Å². The molecule has 3 aromatic carbocycles. The number of halogens is 2. The summed E-state index contributed by atoms with van der Waals surface area (Å²) in [6, 6.07) is 14.9. The molecule has 3 aromatic rings. The number of aliphatic hydroxyl groups excluding tert-OH is 1. The van der Waals surface area contributed by atoms with Crippen LogP contribution in [0.25, 0.3) is 11.1 Å². The molecule has 5 rings (SSSR count). The molecule has 0 saturated heterocycles. The van der Waals surface area contributed by atoms with Gasteiger partial charge in [0, 0.05) is 11.5 Å². The topological polar surface area (TPSA) is 65.0 Å². The van der Waals surface area contributed by atoms with Crippen molar-refractivity contribution in [3.05, 3.63) is 82.9 Å². The molecule has 0 amide bonds. The van der Waals surface area contributed by atoms with E-state index in [1.165, 1.54) is 20.3 Å². The third-order valence-electron chi connectivity index (χ3n) is 8.17. The lowest BCUT2D eigenvalue weighted by Crippen LogP contribution is -2.13. The molecule has 5 nitrogen and oxygen atoms in total. The van der Waals surface area contributed by atoms with E-state index < -0.39 is 17.7 Å². The summed E-state index contributed by atoms with van der Waals surface area (Å²) in [4.78, 5) is 12.0. The van der Waals surface area contributed by atoms with Crippen molar-refractivity contribution in [3.8, 4) is 22.6 Å². The second-order valence-electron chi connectivity index (χ2n) is 11.0. The predicted molar refractivity (Wildman–Crippen MR) is 144 cm³/mol. The van der Waals surface area contributed by atoms with Gasteiger partial charge in [0.1, 0.15) is 18.2 Å². The van der Waals surface area contributed by atoms with Crippen LogP contribution in [0.5, 0.6) is 11.5 Å². The van der Waals surface area contributed by atoms with E-state index in [9.17, 15) is 14.3 Å². The Balaban J connectivity index is 1.42. The third kappa shape index (κ3) is 5.78. The molecule has 2 aliphatic rings. The van der Waals surface area contributed by atoms with Crippen LogP contribution in [0.2, 0.25) is 0 Å². The number of aliphatic hydroxyl groups is 1. The van der Waals surface area contributed by atoms with E-state index in [0.29, 0.717) is 28.0 Å². The van der Waals surface area contributed by atoms with Crippen molar-refractivity contribution >= 4 is 5.97 Å². The maximum atomic E-state index is 15.6. The van der Waals surface area contributed by atoms with Crippen LogP contribution >= 0.6 is 0 Å². The molecule has 206 valence electrons. The maximum absolute atomic E-state index is 15.6. The molecular weight excluding hydrogens is 502 g/mol. The number of benzene rings is 3. The first kappa shape index (κ1) is 27.1. The molecule has 0 aromatic heterocycles. The molecular formula is C32H34F2O5. The average Bonchev–Trinajstić information content (AvgIpc) is 3.88. The Morgan fingerprint density at radius 3 is 2.46 bits per heavy atom. The lowest BCUT2D eigenvalue weighted by molar-refractivity contribution is -0.141. The number of methoxy groups -OCH3 is 2. The van der Waals surface area contributed by atoms with E-state index in [1.54, 1.807) is 42.5 Å². The lowest BCUT2D eigenvalue weighted by atomic mass is 9.87. The molecule has 2 aliphatic carbocycles. The number of rotatable bonds is 11. The summed E-state index contributed by atoms with van der Waals surface area (Å²) in [6.45, 7) is 2.07. The Labute approximate surface area is 227 Å². The summed E-state index contributed by atoms with van der Waals surface area (Å²) in [7, 11) is 2.86. The second-order valence-corrected chi connectivity index (χ2v) is 11.0. The van der Waals surface area contributed by atoms with Crippen molar-refractivity contribution in [2.75, 3.05) is 14.2 Å². The third-order valence-corrected chi connectivity index (χ3v) is 8.17. The summed E-state index contributed by atoms with van der Waals surface area (Å²) in [5.41, 5.74) is 2.43. The summed E-state index contributed by atoms with van der Waals surface area (Å²) < 4.78 is 46.5. The van der Waals surface area contributed by atoms with Gasteiger partial charge in [0.2, 0.25) is 0 Å². The molecule has 2 fully saturated rings. The van der Waals surface area contributed by atoms with Gasteiger partial charge in [-0.3, -0.25) is 4.79 Å². The molecule has 1 N–H and O–H groups in total. The van der Waals surface area contributed by atoms with Gasteiger partial charge in [-0.05, 0) is 89.6 Å². The highest BCUT2D eigenvalue weighted by Crippen LogP contribution is 2.56. The largest absolute Gasteiger partial charge is 0.497 e. The van der Waals surface area contributed by atoms with Crippen molar-refractivity contribution in [2.45, 2.75) is 57.7 Å². The molecule has 7 heteroatoms. The number of carbonyl (C=O) groups is 1. The summed E-state index contributed by atoms with van der Waals surface area (Å²) in [6.07, 6.45) is 2.99. The van der Waals surface area contributed by atoms with Crippen LogP contribution in [0.4, 0.5) is 8.78 Å². The minimum absolute atomic E-state index is 0.0583. The van der Waals surface area contributed by atoms with E-state index in [0.717, 1.165) is 31.2 Å². The normalized spacial score (nSPS) is 17.3. The zero-order valence-electron chi connectivity index (χ0n) is 22.5. The predicted octanol–water partition coefficient (Wildman–Crippen LogP) is 7.11. The van der Waals surface area contributed by atoms with E-state index in [4.69, 9.17) is 14.2 Å². The monoisotopic (exact) mass is 536 g/mol. The zero-order valence-corrected chi connectivity index (χ0v) is 22.5.